The highest BCUT2D eigenvalue weighted by Crippen LogP contribution is 2.37. The number of hydrogen-bond acceptors (Lipinski definition) is 4. The number of hydrogen-bond donors (Lipinski definition) is 1. The number of halogens is 6. The summed E-state index contributed by atoms with van der Waals surface area (Å²) >= 11 is 3.61. The standard InChI is InChI=1S/C19H20BrF3N2O2.2ClH/c1-26-15-6-7-17(20)16(12-15)18(25-10-8-24-9-11-25)13-2-4-14(5-3-13)27-19(21,22)23;;/h2-7,12,18,24H,8-11H2,1H3;2*1H/t18-;;/m0../s1. The molecule has 2 aromatic carbocycles. The van der Waals surface area contributed by atoms with Crippen LogP contribution in [-0.2, 0) is 0 Å². The van der Waals surface area contributed by atoms with Gasteiger partial charge in [-0.25, -0.2) is 0 Å². The molecule has 3 rings (SSSR count). The van der Waals surface area contributed by atoms with Crippen LogP contribution in [0.1, 0.15) is 17.2 Å². The molecule has 0 saturated carbocycles. The van der Waals surface area contributed by atoms with Gasteiger partial charge in [-0.3, -0.25) is 4.90 Å². The fourth-order valence-electron chi connectivity index (χ4n) is 3.24. The molecule has 10 heteroatoms. The predicted molar refractivity (Wildman–Crippen MR) is 115 cm³/mol. The molecule has 0 bridgehead atoms. The number of rotatable bonds is 5. The van der Waals surface area contributed by atoms with Crippen molar-refractivity contribution < 1.29 is 22.6 Å². The first-order valence-corrected chi connectivity index (χ1v) is 9.30. The van der Waals surface area contributed by atoms with Gasteiger partial charge in [0, 0.05) is 30.7 Å². The third-order valence-electron chi connectivity index (χ3n) is 4.44. The lowest BCUT2D eigenvalue weighted by Gasteiger charge is -2.36. The van der Waals surface area contributed by atoms with Crippen molar-refractivity contribution in [3.8, 4) is 11.5 Å². The van der Waals surface area contributed by atoms with Gasteiger partial charge >= 0.3 is 6.36 Å². The molecule has 0 unspecified atom stereocenters. The average molecular weight is 518 g/mol. The van der Waals surface area contributed by atoms with Crippen LogP contribution >= 0.6 is 40.7 Å². The summed E-state index contributed by atoms with van der Waals surface area (Å²) in [5, 5.41) is 3.32. The monoisotopic (exact) mass is 516 g/mol. The molecule has 1 atom stereocenters. The van der Waals surface area contributed by atoms with Crippen molar-refractivity contribution in [2.45, 2.75) is 12.4 Å². The number of nitrogens with one attached hydrogen (secondary N) is 1. The Morgan fingerprint density at radius 3 is 2.14 bits per heavy atom. The highest BCUT2D eigenvalue weighted by molar-refractivity contribution is 9.10. The number of alkyl halides is 3. The molecule has 0 aromatic heterocycles. The normalized spacial score (nSPS) is 15.6. The van der Waals surface area contributed by atoms with Gasteiger partial charge in [-0.05, 0) is 41.5 Å². The number of methoxy groups -OCH3 is 1. The van der Waals surface area contributed by atoms with Crippen molar-refractivity contribution in [3.05, 3.63) is 58.1 Å². The number of benzene rings is 2. The van der Waals surface area contributed by atoms with Crippen LogP contribution in [0.3, 0.4) is 0 Å². The molecule has 1 aliphatic heterocycles. The van der Waals surface area contributed by atoms with E-state index in [0.29, 0.717) is 0 Å². The summed E-state index contributed by atoms with van der Waals surface area (Å²) < 4.78 is 47.6. The van der Waals surface area contributed by atoms with E-state index < -0.39 is 6.36 Å². The first kappa shape index (κ1) is 25.8. The van der Waals surface area contributed by atoms with Crippen LogP contribution < -0.4 is 14.8 Å². The molecule has 2 aromatic rings. The molecule has 0 spiro atoms. The molecule has 1 fully saturated rings. The second-order valence-electron chi connectivity index (χ2n) is 6.19. The molecular formula is C19H22BrCl2F3N2O2. The Kier molecular flexibility index (Phi) is 10.0. The molecule has 4 nitrogen and oxygen atoms in total. The minimum atomic E-state index is -4.70. The Hall–Kier alpha value is -1.19. The zero-order valence-corrected chi connectivity index (χ0v) is 18.8. The first-order valence-electron chi connectivity index (χ1n) is 8.51. The zero-order chi connectivity index (χ0) is 19.4. The Morgan fingerprint density at radius 2 is 1.59 bits per heavy atom. The van der Waals surface area contributed by atoms with E-state index in [0.717, 1.165) is 47.5 Å². The van der Waals surface area contributed by atoms with Gasteiger partial charge in [0.05, 0.1) is 13.2 Å². The summed E-state index contributed by atoms with van der Waals surface area (Å²) in [4.78, 5) is 2.30. The largest absolute Gasteiger partial charge is 0.573 e. The summed E-state index contributed by atoms with van der Waals surface area (Å²) in [6, 6.07) is 11.7. The van der Waals surface area contributed by atoms with E-state index in [9.17, 15) is 13.2 Å². The third kappa shape index (κ3) is 6.93. The highest BCUT2D eigenvalue weighted by atomic mass is 79.9. The summed E-state index contributed by atoms with van der Waals surface area (Å²) in [5.41, 5.74) is 1.89. The molecule has 0 aliphatic carbocycles. The Bertz CT molecular complexity index is 773. The number of ether oxygens (including phenoxy) is 2. The minimum absolute atomic E-state index is 0. The summed E-state index contributed by atoms with van der Waals surface area (Å²) in [5.74, 6) is 0.500. The molecule has 29 heavy (non-hydrogen) atoms. The van der Waals surface area contributed by atoms with E-state index in [1.165, 1.54) is 12.1 Å². The van der Waals surface area contributed by atoms with Crippen molar-refractivity contribution in [2.75, 3.05) is 33.3 Å². The smallest absolute Gasteiger partial charge is 0.497 e. The van der Waals surface area contributed by atoms with Gasteiger partial charge in [0.2, 0.25) is 0 Å². The van der Waals surface area contributed by atoms with Crippen molar-refractivity contribution in [3.63, 3.8) is 0 Å². The zero-order valence-electron chi connectivity index (χ0n) is 15.5. The Labute approximate surface area is 188 Å². The van der Waals surface area contributed by atoms with Crippen LogP contribution in [0.5, 0.6) is 11.5 Å². The van der Waals surface area contributed by atoms with E-state index in [1.807, 2.05) is 18.2 Å². The third-order valence-corrected chi connectivity index (χ3v) is 5.17. The molecule has 0 radical (unpaired) electrons. The van der Waals surface area contributed by atoms with E-state index in [-0.39, 0.29) is 36.6 Å². The van der Waals surface area contributed by atoms with Crippen LogP contribution in [0.2, 0.25) is 0 Å². The fourth-order valence-corrected chi connectivity index (χ4v) is 3.70. The molecule has 1 N–H and O–H groups in total. The summed E-state index contributed by atoms with van der Waals surface area (Å²) in [6.45, 7) is 3.37. The van der Waals surface area contributed by atoms with Gasteiger partial charge < -0.3 is 14.8 Å². The maximum Gasteiger partial charge on any atom is 0.573 e. The minimum Gasteiger partial charge on any atom is -0.497 e. The van der Waals surface area contributed by atoms with Crippen molar-refractivity contribution in [2.24, 2.45) is 0 Å². The van der Waals surface area contributed by atoms with Crippen LogP contribution in [0.25, 0.3) is 0 Å². The molecule has 1 saturated heterocycles. The maximum absolute atomic E-state index is 12.4. The van der Waals surface area contributed by atoms with Gasteiger partial charge in [0.1, 0.15) is 11.5 Å². The lowest BCUT2D eigenvalue weighted by molar-refractivity contribution is -0.274. The molecule has 0 amide bonds. The van der Waals surface area contributed by atoms with Crippen molar-refractivity contribution in [1.29, 1.82) is 0 Å². The van der Waals surface area contributed by atoms with Gasteiger partial charge in [-0.15, -0.1) is 38.0 Å². The Balaban J connectivity index is 0.00000210. The van der Waals surface area contributed by atoms with Gasteiger partial charge in [0.15, 0.2) is 0 Å². The average Bonchev–Trinajstić information content (AvgIpc) is 2.64. The number of nitrogens with zero attached hydrogens (tertiary/aromatic N) is 1. The summed E-state index contributed by atoms with van der Waals surface area (Å²) in [6.07, 6.45) is -4.70. The maximum atomic E-state index is 12.4. The Morgan fingerprint density at radius 1 is 1.00 bits per heavy atom. The molecule has 1 aliphatic rings. The predicted octanol–water partition coefficient (Wildman–Crippen LogP) is 5.19. The van der Waals surface area contributed by atoms with Crippen LogP contribution in [-0.4, -0.2) is 44.6 Å². The topological polar surface area (TPSA) is 33.7 Å². The SMILES string of the molecule is COc1ccc(Br)c([C@H](c2ccc(OC(F)(F)F)cc2)N2CCNCC2)c1.Cl.Cl. The lowest BCUT2D eigenvalue weighted by atomic mass is 9.96. The van der Waals surface area contributed by atoms with Gasteiger partial charge in [-0.2, -0.15) is 0 Å². The fraction of sp³-hybridized carbons (Fsp3) is 0.368. The second-order valence-corrected chi connectivity index (χ2v) is 7.05. The van der Waals surface area contributed by atoms with Gasteiger partial charge in [0.25, 0.3) is 0 Å². The second kappa shape index (κ2) is 11.3. The summed E-state index contributed by atoms with van der Waals surface area (Å²) in [7, 11) is 1.61. The van der Waals surface area contributed by atoms with Crippen LogP contribution in [0, 0.1) is 0 Å². The van der Waals surface area contributed by atoms with E-state index in [1.54, 1.807) is 19.2 Å². The first-order chi connectivity index (χ1) is 12.9. The van der Waals surface area contributed by atoms with Crippen molar-refractivity contribution >= 4 is 40.7 Å². The van der Waals surface area contributed by atoms with Crippen LogP contribution in [0.15, 0.2) is 46.9 Å². The van der Waals surface area contributed by atoms with E-state index in [4.69, 9.17) is 4.74 Å². The van der Waals surface area contributed by atoms with Crippen LogP contribution in [0.4, 0.5) is 13.2 Å². The number of piperazine rings is 1. The highest BCUT2D eigenvalue weighted by Gasteiger charge is 2.31. The van der Waals surface area contributed by atoms with E-state index in [2.05, 4.69) is 30.9 Å². The van der Waals surface area contributed by atoms with Gasteiger partial charge in [-0.1, -0.05) is 28.1 Å². The molecular weight excluding hydrogens is 496 g/mol. The lowest BCUT2D eigenvalue weighted by Crippen LogP contribution is -2.45. The molecule has 1 heterocycles. The van der Waals surface area contributed by atoms with Crippen molar-refractivity contribution in [1.82, 2.24) is 10.2 Å². The van der Waals surface area contributed by atoms with E-state index >= 15 is 0 Å². The molecule has 162 valence electrons. The quantitative estimate of drug-likeness (QED) is 0.591.